The molecule has 0 aromatic carbocycles. The predicted octanol–water partition coefficient (Wildman–Crippen LogP) is 0.360. The molecule has 5 atom stereocenters. The van der Waals surface area contributed by atoms with Crippen LogP contribution in [0.2, 0.25) is 0 Å². The molecule has 1 aliphatic rings. The molecule has 1 aliphatic heterocycles. The average Bonchev–Trinajstić information content (AvgIpc) is 2.63. The number of carbonyl (C=O) groups excluding carboxylic acids is 4. The van der Waals surface area contributed by atoms with Crippen molar-refractivity contribution < 1.29 is 42.9 Å². The van der Waals surface area contributed by atoms with E-state index in [1.807, 2.05) is 0 Å². The fourth-order valence-electron chi connectivity index (χ4n) is 2.81. The molecule has 1 heterocycles. The molecule has 1 rings (SSSR count). The summed E-state index contributed by atoms with van der Waals surface area (Å²) in [6.07, 6.45) is -4.15. The van der Waals surface area contributed by atoms with Gasteiger partial charge in [0.15, 0.2) is 18.5 Å². The highest BCUT2D eigenvalue weighted by atomic mass is 16.7. The van der Waals surface area contributed by atoms with Crippen molar-refractivity contribution in [3.8, 4) is 0 Å². The molecular formula is C17H26N4O9. The highest BCUT2D eigenvalue weighted by Gasteiger charge is 2.51. The lowest BCUT2D eigenvalue weighted by Crippen LogP contribution is -2.66. The van der Waals surface area contributed by atoms with Crippen molar-refractivity contribution >= 4 is 23.8 Å². The summed E-state index contributed by atoms with van der Waals surface area (Å²) in [6.45, 7) is 4.70. The number of nitrogens with zero attached hydrogens (tertiary/aromatic N) is 3. The van der Waals surface area contributed by atoms with Crippen LogP contribution in [0.15, 0.2) is 5.11 Å². The van der Waals surface area contributed by atoms with Crippen LogP contribution in [0.1, 0.15) is 34.1 Å². The Morgan fingerprint density at radius 1 is 1.03 bits per heavy atom. The van der Waals surface area contributed by atoms with Crippen molar-refractivity contribution in [1.82, 2.24) is 5.32 Å². The van der Waals surface area contributed by atoms with Gasteiger partial charge < -0.3 is 29.0 Å². The molecule has 0 saturated carbocycles. The van der Waals surface area contributed by atoms with Crippen LogP contribution >= 0.6 is 0 Å². The largest absolute Gasteiger partial charge is 0.463 e. The second-order valence-electron chi connectivity index (χ2n) is 6.40. The standard InChI is InChI=1S/C17H26N4O9/c1-9(22)20-14-16(29-12(4)25)15(28-11(3)24)13(8-27-10(2)23)30-17(14)26-7-5-6-19-21-18/h13-17H,5-8H2,1-4H3,(H,20,22)/t13-,14-,15-,16-,17-/m1/s1. The summed E-state index contributed by atoms with van der Waals surface area (Å²) in [7, 11) is 0. The molecule has 0 aliphatic carbocycles. The van der Waals surface area contributed by atoms with E-state index in [0.717, 1.165) is 13.8 Å². The SMILES string of the molecule is CC(=O)N[C@H]1[C@H](OCCCN=[N+]=[N-])O[C@H](COC(C)=O)[C@@H](OC(C)=O)[C@@H]1OC(C)=O. The smallest absolute Gasteiger partial charge is 0.303 e. The lowest BCUT2D eigenvalue weighted by atomic mass is 9.96. The summed E-state index contributed by atoms with van der Waals surface area (Å²) in [5.41, 5.74) is 8.33. The zero-order valence-electron chi connectivity index (χ0n) is 17.2. The number of nitrogens with one attached hydrogen (secondary N) is 1. The van der Waals surface area contributed by atoms with Crippen molar-refractivity contribution in [2.75, 3.05) is 19.8 Å². The summed E-state index contributed by atoms with van der Waals surface area (Å²) >= 11 is 0. The fourth-order valence-corrected chi connectivity index (χ4v) is 2.81. The molecule has 30 heavy (non-hydrogen) atoms. The summed E-state index contributed by atoms with van der Waals surface area (Å²) in [6, 6.07) is -1.02. The van der Waals surface area contributed by atoms with E-state index in [0.29, 0.717) is 6.42 Å². The molecule has 1 fully saturated rings. The van der Waals surface area contributed by atoms with Crippen molar-refractivity contribution in [3.05, 3.63) is 10.4 Å². The van der Waals surface area contributed by atoms with Crippen LogP contribution < -0.4 is 5.32 Å². The number of azide groups is 1. The van der Waals surface area contributed by atoms with E-state index < -0.39 is 54.5 Å². The van der Waals surface area contributed by atoms with Crippen LogP contribution in [0.25, 0.3) is 10.4 Å². The lowest BCUT2D eigenvalue weighted by molar-refractivity contribution is -0.277. The molecule has 1 saturated heterocycles. The number of hydrogen-bond acceptors (Lipinski definition) is 10. The van der Waals surface area contributed by atoms with Crippen molar-refractivity contribution in [2.45, 2.75) is 64.8 Å². The van der Waals surface area contributed by atoms with Gasteiger partial charge in [-0.15, -0.1) is 0 Å². The van der Waals surface area contributed by atoms with Crippen LogP contribution in [0.5, 0.6) is 0 Å². The molecule has 0 aromatic rings. The number of ether oxygens (including phenoxy) is 5. The number of hydrogen-bond donors (Lipinski definition) is 1. The Balaban J connectivity index is 3.17. The lowest BCUT2D eigenvalue weighted by Gasteiger charge is -2.44. The summed E-state index contributed by atoms with van der Waals surface area (Å²) in [5, 5.41) is 5.97. The maximum atomic E-state index is 11.7. The number of rotatable bonds is 10. The minimum Gasteiger partial charge on any atom is -0.463 e. The summed E-state index contributed by atoms with van der Waals surface area (Å²) in [4.78, 5) is 48.9. The molecule has 0 aromatic heterocycles. The van der Waals surface area contributed by atoms with Crippen molar-refractivity contribution in [2.24, 2.45) is 5.11 Å². The van der Waals surface area contributed by atoms with Gasteiger partial charge in [-0.3, -0.25) is 19.2 Å². The Morgan fingerprint density at radius 3 is 2.20 bits per heavy atom. The maximum Gasteiger partial charge on any atom is 0.303 e. The first-order chi connectivity index (χ1) is 14.1. The van der Waals surface area contributed by atoms with E-state index >= 15 is 0 Å². The third-order valence-corrected chi connectivity index (χ3v) is 3.82. The average molecular weight is 430 g/mol. The van der Waals surface area contributed by atoms with Gasteiger partial charge in [0.05, 0.1) is 0 Å². The topological polar surface area (TPSA) is 175 Å². The quantitative estimate of drug-likeness (QED) is 0.128. The van der Waals surface area contributed by atoms with E-state index in [2.05, 4.69) is 15.3 Å². The Kier molecular flexibility index (Phi) is 10.6. The van der Waals surface area contributed by atoms with E-state index in [9.17, 15) is 19.2 Å². The van der Waals surface area contributed by atoms with E-state index in [1.54, 1.807) is 0 Å². The molecular weight excluding hydrogens is 404 g/mol. The zero-order valence-corrected chi connectivity index (χ0v) is 17.2. The second kappa shape index (κ2) is 12.6. The Morgan fingerprint density at radius 2 is 1.67 bits per heavy atom. The van der Waals surface area contributed by atoms with Crippen LogP contribution in [-0.4, -0.2) is 74.2 Å². The first kappa shape index (κ1) is 25.1. The highest BCUT2D eigenvalue weighted by Crippen LogP contribution is 2.28. The normalized spacial score (nSPS) is 25.4. The number of carbonyl (C=O) groups is 4. The second-order valence-corrected chi connectivity index (χ2v) is 6.40. The Hall–Kier alpha value is -2.89. The van der Waals surface area contributed by atoms with Crippen LogP contribution in [0, 0.1) is 0 Å². The van der Waals surface area contributed by atoms with E-state index in [4.69, 9.17) is 29.2 Å². The summed E-state index contributed by atoms with van der Waals surface area (Å²) < 4.78 is 27.0. The van der Waals surface area contributed by atoms with Gasteiger partial charge in [0.1, 0.15) is 18.8 Å². The van der Waals surface area contributed by atoms with Gasteiger partial charge in [0.2, 0.25) is 5.91 Å². The van der Waals surface area contributed by atoms with Crippen LogP contribution in [-0.2, 0) is 42.9 Å². The molecule has 168 valence electrons. The minimum absolute atomic E-state index is 0.0884. The zero-order chi connectivity index (χ0) is 22.7. The predicted molar refractivity (Wildman–Crippen MR) is 98.6 cm³/mol. The molecule has 0 bridgehead atoms. The van der Waals surface area contributed by atoms with E-state index in [-0.39, 0.29) is 19.8 Å². The molecule has 13 nitrogen and oxygen atoms in total. The first-order valence-electron chi connectivity index (χ1n) is 9.18. The van der Waals surface area contributed by atoms with Gasteiger partial charge in [-0.2, -0.15) is 0 Å². The van der Waals surface area contributed by atoms with Crippen LogP contribution in [0.3, 0.4) is 0 Å². The van der Waals surface area contributed by atoms with Gasteiger partial charge in [0.25, 0.3) is 0 Å². The summed E-state index contributed by atoms with van der Waals surface area (Å²) in [5.74, 6) is -2.45. The molecule has 13 heteroatoms. The van der Waals surface area contributed by atoms with Gasteiger partial charge in [-0.05, 0) is 12.0 Å². The number of amides is 1. The van der Waals surface area contributed by atoms with Crippen molar-refractivity contribution in [1.29, 1.82) is 0 Å². The molecule has 0 spiro atoms. The molecule has 0 unspecified atom stereocenters. The minimum atomic E-state index is -1.18. The molecule has 1 N–H and O–H groups in total. The van der Waals surface area contributed by atoms with Gasteiger partial charge >= 0.3 is 17.9 Å². The molecule has 0 radical (unpaired) electrons. The third-order valence-electron chi connectivity index (χ3n) is 3.82. The van der Waals surface area contributed by atoms with Gasteiger partial charge in [0, 0.05) is 45.8 Å². The molecule has 1 amide bonds. The number of esters is 3. The maximum absolute atomic E-state index is 11.7. The van der Waals surface area contributed by atoms with Gasteiger partial charge in [-0.1, -0.05) is 5.11 Å². The van der Waals surface area contributed by atoms with Crippen molar-refractivity contribution in [3.63, 3.8) is 0 Å². The first-order valence-corrected chi connectivity index (χ1v) is 9.18. The fraction of sp³-hybridized carbons (Fsp3) is 0.765. The van der Waals surface area contributed by atoms with Crippen LogP contribution in [0.4, 0.5) is 0 Å². The highest BCUT2D eigenvalue weighted by molar-refractivity contribution is 5.73. The van der Waals surface area contributed by atoms with Gasteiger partial charge in [-0.25, -0.2) is 0 Å². The third kappa shape index (κ3) is 8.64. The Labute approximate surface area is 172 Å². The monoisotopic (exact) mass is 430 g/mol. The van der Waals surface area contributed by atoms with E-state index in [1.165, 1.54) is 13.8 Å². The Bertz CT molecular complexity index is 680.